The number of anilines is 1. The SMILES string of the molecule is CC1CCCN(c2cnc(B(O)O)cn2)C1. The van der Waals surface area contributed by atoms with Gasteiger partial charge in [0.05, 0.1) is 11.8 Å². The van der Waals surface area contributed by atoms with Crippen molar-refractivity contribution in [3.8, 4) is 0 Å². The van der Waals surface area contributed by atoms with Crippen LogP contribution >= 0.6 is 0 Å². The molecule has 0 amide bonds. The number of hydrogen-bond donors (Lipinski definition) is 2. The maximum Gasteiger partial charge on any atom is 0.509 e. The third kappa shape index (κ3) is 2.51. The summed E-state index contributed by atoms with van der Waals surface area (Å²) in [6, 6.07) is 0. The molecule has 1 aliphatic heterocycles. The van der Waals surface area contributed by atoms with Gasteiger partial charge in [0.1, 0.15) is 5.82 Å². The van der Waals surface area contributed by atoms with Crippen LogP contribution in [-0.2, 0) is 0 Å². The van der Waals surface area contributed by atoms with Gasteiger partial charge in [-0.2, -0.15) is 0 Å². The van der Waals surface area contributed by atoms with Crippen LogP contribution < -0.4 is 10.5 Å². The van der Waals surface area contributed by atoms with Crippen molar-refractivity contribution in [2.75, 3.05) is 18.0 Å². The first-order valence-corrected chi connectivity index (χ1v) is 5.60. The molecule has 0 radical (unpaired) electrons. The molecule has 0 bridgehead atoms. The lowest BCUT2D eigenvalue weighted by atomic mass is 9.87. The Labute approximate surface area is 95.3 Å². The molecule has 1 aliphatic rings. The number of rotatable bonds is 2. The van der Waals surface area contributed by atoms with Crippen molar-refractivity contribution < 1.29 is 10.0 Å². The molecule has 1 unspecified atom stereocenters. The number of nitrogens with zero attached hydrogens (tertiary/aromatic N) is 3. The summed E-state index contributed by atoms with van der Waals surface area (Å²) in [5.74, 6) is 1.50. The van der Waals surface area contributed by atoms with Crippen molar-refractivity contribution in [1.29, 1.82) is 0 Å². The summed E-state index contributed by atoms with van der Waals surface area (Å²) in [5, 5.41) is 17.8. The van der Waals surface area contributed by atoms with Crippen molar-refractivity contribution in [3.63, 3.8) is 0 Å². The molecule has 6 heteroatoms. The summed E-state index contributed by atoms with van der Waals surface area (Å²) in [5.41, 5.74) is 0.189. The molecule has 16 heavy (non-hydrogen) atoms. The first kappa shape index (κ1) is 11.4. The number of aromatic nitrogens is 2. The molecule has 1 saturated heterocycles. The van der Waals surface area contributed by atoms with Crippen molar-refractivity contribution in [3.05, 3.63) is 12.4 Å². The molecule has 1 aromatic heterocycles. The Kier molecular flexibility index (Phi) is 3.41. The summed E-state index contributed by atoms with van der Waals surface area (Å²) in [6.07, 6.45) is 5.46. The molecule has 5 nitrogen and oxygen atoms in total. The molecule has 2 N–H and O–H groups in total. The fraction of sp³-hybridized carbons (Fsp3) is 0.600. The van der Waals surface area contributed by atoms with E-state index in [1.165, 1.54) is 19.0 Å². The van der Waals surface area contributed by atoms with Crippen LogP contribution in [0.4, 0.5) is 5.82 Å². The van der Waals surface area contributed by atoms with Gasteiger partial charge in [0.25, 0.3) is 0 Å². The maximum absolute atomic E-state index is 8.91. The zero-order valence-electron chi connectivity index (χ0n) is 9.37. The molecular formula is C10H16BN3O2. The van der Waals surface area contributed by atoms with Gasteiger partial charge in [-0.1, -0.05) is 6.92 Å². The molecule has 0 saturated carbocycles. The molecule has 1 atom stereocenters. The molecule has 2 rings (SSSR count). The van der Waals surface area contributed by atoms with E-state index < -0.39 is 7.12 Å². The summed E-state index contributed by atoms with van der Waals surface area (Å²) in [4.78, 5) is 10.4. The fourth-order valence-corrected chi connectivity index (χ4v) is 2.03. The summed E-state index contributed by atoms with van der Waals surface area (Å²) in [7, 11) is -1.54. The van der Waals surface area contributed by atoms with Gasteiger partial charge in [-0.05, 0) is 18.8 Å². The van der Waals surface area contributed by atoms with Gasteiger partial charge < -0.3 is 14.9 Å². The van der Waals surface area contributed by atoms with E-state index in [1.807, 2.05) is 0 Å². The highest BCUT2D eigenvalue weighted by atomic mass is 16.4. The van der Waals surface area contributed by atoms with Gasteiger partial charge in [-0.25, -0.2) is 4.98 Å². The Morgan fingerprint density at radius 1 is 1.38 bits per heavy atom. The molecule has 1 aromatic rings. The van der Waals surface area contributed by atoms with Crippen LogP contribution in [-0.4, -0.2) is 40.2 Å². The Balaban J connectivity index is 2.09. The third-order valence-electron chi connectivity index (χ3n) is 2.90. The lowest BCUT2D eigenvalue weighted by Gasteiger charge is -2.31. The molecule has 0 aliphatic carbocycles. The van der Waals surface area contributed by atoms with Gasteiger partial charge in [0, 0.05) is 19.3 Å². The summed E-state index contributed by atoms with van der Waals surface area (Å²) in [6.45, 7) is 4.22. The van der Waals surface area contributed by atoms with Crippen molar-refractivity contribution in [1.82, 2.24) is 9.97 Å². The van der Waals surface area contributed by atoms with E-state index in [1.54, 1.807) is 6.20 Å². The lowest BCUT2D eigenvalue weighted by molar-refractivity contribution is 0.423. The van der Waals surface area contributed by atoms with E-state index in [2.05, 4.69) is 21.8 Å². The minimum atomic E-state index is -1.54. The Hall–Kier alpha value is -1.14. The molecule has 0 spiro atoms. The van der Waals surface area contributed by atoms with Crippen LogP contribution in [0.2, 0.25) is 0 Å². The second-order valence-electron chi connectivity index (χ2n) is 4.37. The molecular weight excluding hydrogens is 205 g/mol. The van der Waals surface area contributed by atoms with Crippen LogP contribution in [0.1, 0.15) is 19.8 Å². The second-order valence-corrected chi connectivity index (χ2v) is 4.37. The molecule has 2 heterocycles. The Bertz CT molecular complexity index is 344. The van der Waals surface area contributed by atoms with Gasteiger partial charge in [0.2, 0.25) is 0 Å². The topological polar surface area (TPSA) is 69.5 Å². The summed E-state index contributed by atoms with van der Waals surface area (Å²) < 4.78 is 0. The first-order valence-electron chi connectivity index (χ1n) is 5.60. The van der Waals surface area contributed by atoms with Crippen LogP contribution in [0.5, 0.6) is 0 Å². The van der Waals surface area contributed by atoms with E-state index in [4.69, 9.17) is 10.0 Å². The third-order valence-corrected chi connectivity index (χ3v) is 2.90. The zero-order valence-corrected chi connectivity index (χ0v) is 9.37. The van der Waals surface area contributed by atoms with Gasteiger partial charge in [0.15, 0.2) is 0 Å². The molecule has 1 fully saturated rings. The molecule has 0 aromatic carbocycles. The average Bonchev–Trinajstić information content (AvgIpc) is 2.29. The van der Waals surface area contributed by atoms with Crippen molar-refractivity contribution in [2.45, 2.75) is 19.8 Å². The Morgan fingerprint density at radius 3 is 2.75 bits per heavy atom. The minimum absolute atomic E-state index is 0.189. The largest absolute Gasteiger partial charge is 0.509 e. The van der Waals surface area contributed by atoms with Crippen LogP contribution in [0.25, 0.3) is 0 Å². The highest BCUT2D eigenvalue weighted by molar-refractivity contribution is 6.57. The van der Waals surface area contributed by atoms with E-state index in [0.717, 1.165) is 18.9 Å². The Morgan fingerprint density at radius 2 is 2.19 bits per heavy atom. The van der Waals surface area contributed by atoms with Crippen LogP contribution in [0.15, 0.2) is 12.4 Å². The molecule has 86 valence electrons. The van der Waals surface area contributed by atoms with Crippen LogP contribution in [0, 0.1) is 5.92 Å². The van der Waals surface area contributed by atoms with Gasteiger partial charge >= 0.3 is 7.12 Å². The number of piperidine rings is 1. The highest BCUT2D eigenvalue weighted by Crippen LogP contribution is 2.19. The second kappa shape index (κ2) is 4.80. The van der Waals surface area contributed by atoms with E-state index >= 15 is 0 Å². The lowest BCUT2D eigenvalue weighted by Crippen LogP contribution is -2.37. The summed E-state index contributed by atoms with van der Waals surface area (Å²) >= 11 is 0. The minimum Gasteiger partial charge on any atom is -0.422 e. The van der Waals surface area contributed by atoms with E-state index in [-0.39, 0.29) is 5.59 Å². The first-order chi connectivity index (χ1) is 7.66. The van der Waals surface area contributed by atoms with Gasteiger partial charge in [-0.3, -0.25) is 4.98 Å². The van der Waals surface area contributed by atoms with Gasteiger partial charge in [-0.15, -0.1) is 0 Å². The quantitative estimate of drug-likeness (QED) is 0.652. The standard InChI is InChI=1S/C10H16BN3O2/c1-8-3-2-4-14(7-8)10-6-12-9(5-13-10)11(15)16/h5-6,8,15-16H,2-4,7H2,1H3. The van der Waals surface area contributed by atoms with Crippen molar-refractivity contribution in [2.24, 2.45) is 5.92 Å². The van der Waals surface area contributed by atoms with Crippen molar-refractivity contribution >= 4 is 18.5 Å². The zero-order chi connectivity index (χ0) is 11.5. The average molecular weight is 221 g/mol. The number of hydrogen-bond acceptors (Lipinski definition) is 5. The predicted molar refractivity (Wildman–Crippen MR) is 62.5 cm³/mol. The normalized spacial score (nSPS) is 20.9. The predicted octanol–water partition coefficient (Wildman–Crippen LogP) is -0.607. The highest BCUT2D eigenvalue weighted by Gasteiger charge is 2.19. The monoisotopic (exact) mass is 221 g/mol. The van der Waals surface area contributed by atoms with Crippen LogP contribution in [0.3, 0.4) is 0 Å². The fourth-order valence-electron chi connectivity index (χ4n) is 2.03. The maximum atomic E-state index is 8.91. The van der Waals surface area contributed by atoms with E-state index in [9.17, 15) is 0 Å². The van der Waals surface area contributed by atoms with E-state index in [0.29, 0.717) is 5.92 Å². The smallest absolute Gasteiger partial charge is 0.422 e.